The Bertz CT molecular complexity index is 846. The molecule has 0 saturated heterocycles. The molecule has 2 aromatic heterocycles. The van der Waals surface area contributed by atoms with E-state index in [-0.39, 0.29) is 12.6 Å². The van der Waals surface area contributed by atoms with Gasteiger partial charge in [0.1, 0.15) is 11.6 Å². The van der Waals surface area contributed by atoms with E-state index in [9.17, 15) is 4.79 Å². The molecule has 5 heteroatoms. The quantitative estimate of drug-likeness (QED) is 0.410. The standard InChI is InChI=1S/C20H19NO2S2/c1-14(2)16-4-6-17(7-5-16)20-21-18(13-25-20)11-23-19(22)8-3-15-9-10-24-12-15/h3-10,12-14H,11H2,1-2H3/b8-3+. The molecule has 0 amide bonds. The highest BCUT2D eigenvalue weighted by Crippen LogP contribution is 2.26. The molecule has 0 unspecified atom stereocenters. The molecule has 1 aromatic carbocycles. The van der Waals surface area contributed by atoms with E-state index >= 15 is 0 Å². The van der Waals surface area contributed by atoms with Gasteiger partial charge in [0.2, 0.25) is 0 Å². The Labute approximate surface area is 155 Å². The van der Waals surface area contributed by atoms with E-state index in [2.05, 4.69) is 43.1 Å². The van der Waals surface area contributed by atoms with Gasteiger partial charge in [-0.3, -0.25) is 0 Å². The fourth-order valence-corrected chi connectivity index (χ4v) is 3.68. The molecule has 0 saturated carbocycles. The van der Waals surface area contributed by atoms with E-state index < -0.39 is 0 Å². The Morgan fingerprint density at radius 3 is 2.68 bits per heavy atom. The van der Waals surface area contributed by atoms with Gasteiger partial charge < -0.3 is 4.74 Å². The second-order valence-corrected chi connectivity index (χ2v) is 7.56. The van der Waals surface area contributed by atoms with E-state index in [0.29, 0.717) is 5.92 Å². The van der Waals surface area contributed by atoms with E-state index in [1.54, 1.807) is 28.7 Å². The van der Waals surface area contributed by atoms with Crippen molar-refractivity contribution in [2.75, 3.05) is 0 Å². The van der Waals surface area contributed by atoms with Crippen molar-refractivity contribution in [3.8, 4) is 10.6 Å². The Morgan fingerprint density at radius 1 is 1.20 bits per heavy atom. The fraction of sp³-hybridized carbons (Fsp3) is 0.200. The maximum absolute atomic E-state index is 11.8. The van der Waals surface area contributed by atoms with Crippen molar-refractivity contribution in [2.24, 2.45) is 0 Å². The summed E-state index contributed by atoms with van der Waals surface area (Å²) >= 11 is 3.15. The summed E-state index contributed by atoms with van der Waals surface area (Å²) in [5.41, 5.74) is 4.17. The smallest absolute Gasteiger partial charge is 0.331 e. The molecule has 0 bridgehead atoms. The van der Waals surface area contributed by atoms with Crippen molar-refractivity contribution in [3.63, 3.8) is 0 Å². The summed E-state index contributed by atoms with van der Waals surface area (Å²) in [7, 11) is 0. The summed E-state index contributed by atoms with van der Waals surface area (Å²) in [4.78, 5) is 16.3. The molecular weight excluding hydrogens is 350 g/mol. The maximum Gasteiger partial charge on any atom is 0.331 e. The number of hydrogen-bond acceptors (Lipinski definition) is 5. The molecule has 0 aliphatic rings. The molecule has 2 heterocycles. The van der Waals surface area contributed by atoms with Gasteiger partial charge in [-0.1, -0.05) is 38.1 Å². The lowest BCUT2D eigenvalue weighted by atomic mass is 10.0. The highest BCUT2D eigenvalue weighted by molar-refractivity contribution is 7.13. The maximum atomic E-state index is 11.8. The largest absolute Gasteiger partial charge is 0.456 e. The van der Waals surface area contributed by atoms with Crippen LogP contribution in [-0.2, 0) is 16.1 Å². The van der Waals surface area contributed by atoms with Crippen molar-refractivity contribution in [3.05, 3.63) is 69.4 Å². The number of benzene rings is 1. The first-order chi connectivity index (χ1) is 12.1. The monoisotopic (exact) mass is 369 g/mol. The zero-order valence-electron chi connectivity index (χ0n) is 14.1. The minimum Gasteiger partial charge on any atom is -0.456 e. The molecule has 0 aliphatic carbocycles. The van der Waals surface area contributed by atoms with E-state index in [1.165, 1.54) is 11.6 Å². The van der Waals surface area contributed by atoms with Crippen LogP contribution < -0.4 is 0 Å². The van der Waals surface area contributed by atoms with Crippen LogP contribution in [0.25, 0.3) is 16.6 Å². The second-order valence-electron chi connectivity index (χ2n) is 5.92. The molecule has 3 nitrogen and oxygen atoms in total. The molecule has 0 aliphatic heterocycles. The van der Waals surface area contributed by atoms with Gasteiger partial charge in [-0.25, -0.2) is 9.78 Å². The van der Waals surface area contributed by atoms with Crippen molar-refractivity contribution in [2.45, 2.75) is 26.4 Å². The van der Waals surface area contributed by atoms with Crippen molar-refractivity contribution >= 4 is 34.7 Å². The highest BCUT2D eigenvalue weighted by Gasteiger charge is 2.07. The third kappa shape index (κ3) is 4.87. The summed E-state index contributed by atoms with van der Waals surface area (Å²) < 4.78 is 5.25. The highest BCUT2D eigenvalue weighted by atomic mass is 32.1. The van der Waals surface area contributed by atoms with Gasteiger partial charge in [0.05, 0.1) is 5.69 Å². The Morgan fingerprint density at radius 2 is 2.00 bits per heavy atom. The van der Waals surface area contributed by atoms with E-state index in [4.69, 9.17) is 4.74 Å². The zero-order chi connectivity index (χ0) is 17.6. The topological polar surface area (TPSA) is 39.2 Å². The Hall–Kier alpha value is -2.24. The first kappa shape index (κ1) is 17.6. The van der Waals surface area contributed by atoms with Gasteiger partial charge in [-0.15, -0.1) is 11.3 Å². The molecule has 0 atom stereocenters. The molecule has 128 valence electrons. The molecular formula is C20H19NO2S2. The lowest BCUT2D eigenvalue weighted by Crippen LogP contribution is -2.00. The van der Waals surface area contributed by atoms with Crippen molar-refractivity contribution in [1.82, 2.24) is 4.98 Å². The normalized spacial score (nSPS) is 11.3. The van der Waals surface area contributed by atoms with Crippen LogP contribution >= 0.6 is 22.7 Å². The van der Waals surface area contributed by atoms with Gasteiger partial charge in [0, 0.05) is 17.0 Å². The van der Waals surface area contributed by atoms with Gasteiger partial charge in [-0.05, 0) is 39.9 Å². The van der Waals surface area contributed by atoms with Crippen LogP contribution in [0.3, 0.4) is 0 Å². The molecule has 0 fully saturated rings. The number of thiazole rings is 1. The molecule has 3 rings (SSSR count). The Kier molecular flexibility index (Phi) is 5.79. The SMILES string of the molecule is CC(C)c1ccc(-c2nc(COC(=O)/C=C/c3ccsc3)cs2)cc1. The molecule has 3 aromatic rings. The number of thiophene rings is 1. The average Bonchev–Trinajstić information content (AvgIpc) is 3.30. The average molecular weight is 370 g/mol. The van der Waals surface area contributed by atoms with Crippen molar-refractivity contribution in [1.29, 1.82) is 0 Å². The minimum atomic E-state index is -0.359. The molecule has 25 heavy (non-hydrogen) atoms. The summed E-state index contributed by atoms with van der Waals surface area (Å²) in [6, 6.07) is 10.4. The van der Waals surface area contributed by atoms with Gasteiger partial charge >= 0.3 is 5.97 Å². The van der Waals surface area contributed by atoms with Crippen LogP contribution in [-0.4, -0.2) is 11.0 Å². The molecule has 0 spiro atoms. The Balaban J connectivity index is 1.57. The van der Waals surface area contributed by atoms with Crippen LogP contribution in [0.5, 0.6) is 0 Å². The third-order valence-electron chi connectivity index (χ3n) is 3.69. The summed E-state index contributed by atoms with van der Waals surface area (Å²) in [5.74, 6) is 0.157. The fourth-order valence-electron chi connectivity index (χ4n) is 2.24. The number of esters is 1. The summed E-state index contributed by atoms with van der Waals surface area (Å²) in [6.07, 6.45) is 3.20. The first-order valence-electron chi connectivity index (χ1n) is 8.03. The van der Waals surface area contributed by atoms with Crippen molar-refractivity contribution < 1.29 is 9.53 Å². The number of hydrogen-bond donors (Lipinski definition) is 0. The van der Waals surface area contributed by atoms with Crippen LogP contribution in [0.2, 0.25) is 0 Å². The summed E-state index contributed by atoms with van der Waals surface area (Å²) in [6.45, 7) is 4.54. The number of aromatic nitrogens is 1. The predicted molar refractivity (Wildman–Crippen MR) is 105 cm³/mol. The number of nitrogens with zero attached hydrogens (tertiary/aromatic N) is 1. The van der Waals surface area contributed by atoms with Gasteiger partial charge in [0.15, 0.2) is 0 Å². The molecule has 0 radical (unpaired) electrons. The third-order valence-corrected chi connectivity index (χ3v) is 5.34. The molecule has 0 N–H and O–H groups in total. The zero-order valence-corrected chi connectivity index (χ0v) is 15.8. The number of carbonyl (C=O) groups excluding carboxylic acids is 1. The summed E-state index contributed by atoms with van der Waals surface area (Å²) in [5, 5.41) is 6.81. The van der Waals surface area contributed by atoms with E-state index in [0.717, 1.165) is 21.8 Å². The van der Waals surface area contributed by atoms with E-state index in [1.807, 2.05) is 22.2 Å². The first-order valence-corrected chi connectivity index (χ1v) is 9.86. The van der Waals surface area contributed by atoms with Gasteiger partial charge in [0.25, 0.3) is 0 Å². The van der Waals surface area contributed by atoms with Crippen LogP contribution in [0, 0.1) is 0 Å². The lowest BCUT2D eigenvalue weighted by Gasteiger charge is -2.05. The predicted octanol–water partition coefficient (Wildman–Crippen LogP) is 5.75. The number of carbonyl (C=O) groups is 1. The van der Waals surface area contributed by atoms with Gasteiger partial charge in [-0.2, -0.15) is 11.3 Å². The second kappa shape index (κ2) is 8.23. The van der Waals surface area contributed by atoms with Crippen LogP contribution in [0.4, 0.5) is 0 Å². The lowest BCUT2D eigenvalue weighted by molar-refractivity contribution is -0.139. The minimum absolute atomic E-state index is 0.188. The van der Waals surface area contributed by atoms with Crippen LogP contribution in [0.1, 0.15) is 36.6 Å². The number of rotatable bonds is 6. The number of ether oxygens (including phenoxy) is 1. The van der Waals surface area contributed by atoms with Crippen LogP contribution in [0.15, 0.2) is 52.5 Å².